The first-order valence-electron chi connectivity index (χ1n) is 7.08. The molecule has 0 radical (unpaired) electrons. The highest BCUT2D eigenvalue weighted by Crippen LogP contribution is 2.25. The van der Waals surface area contributed by atoms with Crippen molar-refractivity contribution >= 4 is 17.0 Å². The normalized spacial score (nSPS) is 12.5. The molecule has 1 atom stereocenters. The van der Waals surface area contributed by atoms with E-state index in [0.29, 0.717) is 12.0 Å². The van der Waals surface area contributed by atoms with E-state index in [1.54, 1.807) is 23.5 Å². The van der Waals surface area contributed by atoms with E-state index in [-0.39, 0.29) is 10.6 Å². The third-order valence-electron chi connectivity index (χ3n) is 3.44. The summed E-state index contributed by atoms with van der Waals surface area (Å²) in [6.07, 6.45) is 0.868. The summed E-state index contributed by atoms with van der Waals surface area (Å²) in [4.78, 5) is 11.6. The summed E-state index contributed by atoms with van der Waals surface area (Å²) in [6, 6.07) is 11.4. The summed E-state index contributed by atoms with van der Waals surface area (Å²) >= 11 is 1.77. The summed E-state index contributed by atoms with van der Waals surface area (Å²) in [7, 11) is 0. The van der Waals surface area contributed by atoms with Crippen molar-refractivity contribution in [1.82, 2.24) is 5.32 Å². The second-order valence-corrected chi connectivity index (χ2v) is 6.34. The maximum Gasteiger partial charge on any atom is 0.269 e. The number of rotatable bonds is 7. The van der Waals surface area contributed by atoms with Gasteiger partial charge in [-0.1, -0.05) is 32.0 Å². The van der Waals surface area contributed by atoms with Gasteiger partial charge in [0, 0.05) is 23.1 Å². The monoisotopic (exact) mass is 304 g/mol. The highest BCUT2D eigenvalue weighted by molar-refractivity contribution is 7.10. The van der Waals surface area contributed by atoms with E-state index in [1.807, 2.05) is 12.1 Å². The minimum absolute atomic E-state index is 0.144. The molecule has 0 amide bonds. The molecule has 0 saturated carbocycles. The van der Waals surface area contributed by atoms with Crippen LogP contribution >= 0.6 is 11.3 Å². The largest absolute Gasteiger partial charge is 0.309 e. The van der Waals surface area contributed by atoms with E-state index >= 15 is 0 Å². The van der Waals surface area contributed by atoms with Gasteiger partial charge in [-0.15, -0.1) is 11.3 Å². The quantitative estimate of drug-likeness (QED) is 0.616. The van der Waals surface area contributed by atoms with Gasteiger partial charge in [0.05, 0.1) is 4.92 Å². The van der Waals surface area contributed by atoms with Gasteiger partial charge in [0.1, 0.15) is 0 Å². The summed E-state index contributed by atoms with van der Waals surface area (Å²) in [6.45, 7) is 5.28. The highest BCUT2D eigenvalue weighted by Gasteiger charge is 2.15. The van der Waals surface area contributed by atoms with Gasteiger partial charge in [0.25, 0.3) is 5.69 Å². The highest BCUT2D eigenvalue weighted by atomic mass is 32.1. The van der Waals surface area contributed by atoms with Gasteiger partial charge in [0.2, 0.25) is 0 Å². The van der Waals surface area contributed by atoms with Gasteiger partial charge < -0.3 is 5.32 Å². The number of nitro benzene ring substituents is 1. The van der Waals surface area contributed by atoms with Gasteiger partial charge in [-0.2, -0.15) is 0 Å². The molecule has 1 aromatic carbocycles. The Morgan fingerprint density at radius 1 is 1.24 bits per heavy atom. The van der Waals surface area contributed by atoms with Crippen LogP contribution in [0.3, 0.4) is 0 Å². The topological polar surface area (TPSA) is 55.2 Å². The SMILES string of the molecule is CC(C)C(NCCc1ccc([N+](=O)[O-])cc1)c1cccs1. The molecule has 1 N–H and O–H groups in total. The minimum atomic E-state index is -0.367. The second-order valence-electron chi connectivity index (χ2n) is 5.36. The van der Waals surface area contributed by atoms with Crippen LogP contribution in [0.1, 0.15) is 30.3 Å². The fourth-order valence-electron chi connectivity index (χ4n) is 2.29. The van der Waals surface area contributed by atoms with Crippen LogP contribution in [0.5, 0.6) is 0 Å². The Morgan fingerprint density at radius 2 is 1.95 bits per heavy atom. The molecular formula is C16H20N2O2S. The molecular weight excluding hydrogens is 284 g/mol. The zero-order valence-electron chi connectivity index (χ0n) is 12.3. The molecule has 4 nitrogen and oxygen atoms in total. The lowest BCUT2D eigenvalue weighted by atomic mass is 10.0. The van der Waals surface area contributed by atoms with Gasteiger partial charge in [-0.05, 0) is 35.9 Å². The lowest BCUT2D eigenvalue weighted by Crippen LogP contribution is -2.27. The smallest absolute Gasteiger partial charge is 0.269 e. The average molecular weight is 304 g/mol. The molecule has 0 aliphatic heterocycles. The lowest BCUT2D eigenvalue weighted by molar-refractivity contribution is -0.384. The molecule has 1 aromatic heterocycles. The molecule has 0 fully saturated rings. The van der Waals surface area contributed by atoms with Crippen molar-refractivity contribution in [3.05, 3.63) is 62.3 Å². The van der Waals surface area contributed by atoms with E-state index in [4.69, 9.17) is 0 Å². The molecule has 0 bridgehead atoms. The van der Waals surface area contributed by atoms with Gasteiger partial charge >= 0.3 is 0 Å². The first kappa shape index (κ1) is 15.7. The van der Waals surface area contributed by atoms with Crippen molar-refractivity contribution in [3.8, 4) is 0 Å². The molecule has 0 spiro atoms. The molecule has 1 unspecified atom stereocenters. The molecule has 5 heteroatoms. The third-order valence-corrected chi connectivity index (χ3v) is 4.40. The van der Waals surface area contributed by atoms with Crippen molar-refractivity contribution in [2.75, 3.05) is 6.54 Å². The Balaban J connectivity index is 1.89. The molecule has 21 heavy (non-hydrogen) atoms. The van der Waals surface area contributed by atoms with Crippen LogP contribution in [0.25, 0.3) is 0 Å². The van der Waals surface area contributed by atoms with Gasteiger partial charge in [-0.3, -0.25) is 10.1 Å². The van der Waals surface area contributed by atoms with Crippen molar-refractivity contribution in [2.24, 2.45) is 5.92 Å². The number of thiophene rings is 1. The first-order chi connectivity index (χ1) is 10.1. The summed E-state index contributed by atoms with van der Waals surface area (Å²) in [5.41, 5.74) is 1.26. The van der Waals surface area contributed by atoms with E-state index in [9.17, 15) is 10.1 Å². The predicted octanol–water partition coefficient (Wildman–Crippen LogP) is 4.19. The van der Waals surface area contributed by atoms with Crippen molar-refractivity contribution in [3.63, 3.8) is 0 Å². The maximum atomic E-state index is 10.6. The van der Waals surface area contributed by atoms with Crippen LogP contribution in [0.15, 0.2) is 41.8 Å². The molecule has 2 rings (SSSR count). The summed E-state index contributed by atoms with van der Waals surface area (Å²) in [5, 5.41) is 16.3. The summed E-state index contributed by atoms with van der Waals surface area (Å²) in [5.74, 6) is 0.528. The van der Waals surface area contributed by atoms with Crippen molar-refractivity contribution in [1.29, 1.82) is 0 Å². The van der Waals surface area contributed by atoms with Crippen LogP contribution in [0.4, 0.5) is 5.69 Å². The standard InChI is InChI=1S/C16H20N2O2S/c1-12(2)16(15-4-3-11-21-15)17-10-9-13-5-7-14(8-6-13)18(19)20/h3-8,11-12,16-17H,9-10H2,1-2H3. The molecule has 2 aromatic rings. The molecule has 112 valence electrons. The zero-order valence-corrected chi connectivity index (χ0v) is 13.1. The van der Waals surface area contributed by atoms with Crippen LogP contribution < -0.4 is 5.32 Å². The van der Waals surface area contributed by atoms with Gasteiger partial charge in [0.15, 0.2) is 0 Å². The molecule has 0 saturated heterocycles. The predicted molar refractivity (Wildman–Crippen MR) is 86.7 cm³/mol. The van der Waals surface area contributed by atoms with E-state index in [1.165, 1.54) is 4.88 Å². The van der Waals surface area contributed by atoms with Crippen LogP contribution in [-0.4, -0.2) is 11.5 Å². The molecule has 0 aliphatic carbocycles. The number of non-ortho nitro benzene ring substituents is 1. The Morgan fingerprint density at radius 3 is 2.48 bits per heavy atom. The minimum Gasteiger partial charge on any atom is -0.309 e. The molecule has 1 heterocycles. The average Bonchev–Trinajstić information content (AvgIpc) is 2.97. The third kappa shape index (κ3) is 4.37. The Labute approximate surface area is 129 Å². The Hall–Kier alpha value is -1.72. The second kappa shape index (κ2) is 7.33. The maximum absolute atomic E-state index is 10.6. The van der Waals surface area contributed by atoms with Crippen molar-refractivity contribution < 1.29 is 4.92 Å². The van der Waals surface area contributed by atoms with Crippen LogP contribution in [0, 0.1) is 16.0 Å². The number of hydrogen-bond acceptors (Lipinski definition) is 4. The number of nitro groups is 1. The Kier molecular flexibility index (Phi) is 5.47. The van der Waals surface area contributed by atoms with Crippen LogP contribution in [-0.2, 0) is 6.42 Å². The molecule has 0 aliphatic rings. The number of nitrogens with zero attached hydrogens (tertiary/aromatic N) is 1. The Bertz CT molecular complexity index is 564. The number of hydrogen-bond donors (Lipinski definition) is 1. The van der Waals surface area contributed by atoms with Crippen molar-refractivity contribution in [2.45, 2.75) is 26.3 Å². The van der Waals surface area contributed by atoms with E-state index in [0.717, 1.165) is 18.5 Å². The number of benzene rings is 1. The number of nitrogens with one attached hydrogen (secondary N) is 1. The van der Waals surface area contributed by atoms with E-state index < -0.39 is 0 Å². The van der Waals surface area contributed by atoms with Gasteiger partial charge in [-0.25, -0.2) is 0 Å². The first-order valence-corrected chi connectivity index (χ1v) is 7.96. The lowest BCUT2D eigenvalue weighted by Gasteiger charge is -2.21. The fourth-order valence-corrected chi connectivity index (χ4v) is 3.26. The fraction of sp³-hybridized carbons (Fsp3) is 0.375. The summed E-state index contributed by atoms with van der Waals surface area (Å²) < 4.78 is 0. The zero-order chi connectivity index (χ0) is 15.2. The van der Waals surface area contributed by atoms with Crippen LogP contribution in [0.2, 0.25) is 0 Å². The van der Waals surface area contributed by atoms with E-state index in [2.05, 4.69) is 36.7 Å².